The molecule has 0 saturated heterocycles. The fourth-order valence-corrected chi connectivity index (χ4v) is 2.99. The summed E-state index contributed by atoms with van der Waals surface area (Å²) in [6.45, 7) is 0. The van der Waals surface area contributed by atoms with Crippen molar-refractivity contribution in [1.29, 1.82) is 5.26 Å². The summed E-state index contributed by atoms with van der Waals surface area (Å²) in [5.74, 6) is -0.471. The van der Waals surface area contributed by atoms with Gasteiger partial charge >= 0.3 is 5.97 Å². The van der Waals surface area contributed by atoms with Gasteiger partial charge in [0.2, 0.25) is 0 Å². The first-order valence-corrected chi connectivity index (χ1v) is 7.38. The second-order valence-electron chi connectivity index (χ2n) is 4.39. The standard InChI is InChI=1S/C15H13BN2O2S/c1-18-13(15(19)20-2)12(11(8-17)14(18)21-3)9-4-6-10(16)7-5-9/h4-7H,1-3H3. The lowest BCUT2D eigenvalue weighted by Gasteiger charge is -2.06. The highest BCUT2D eigenvalue weighted by molar-refractivity contribution is 7.98. The van der Waals surface area contributed by atoms with E-state index in [9.17, 15) is 10.1 Å². The largest absolute Gasteiger partial charge is 0.464 e. The molecule has 0 saturated carbocycles. The molecule has 1 aromatic carbocycles. The number of ether oxygens (including phenoxy) is 1. The van der Waals surface area contributed by atoms with Crippen LogP contribution in [0.4, 0.5) is 0 Å². The monoisotopic (exact) mass is 296 g/mol. The SMILES string of the molecule is [B]c1ccc(-c2c(C#N)c(SC)n(C)c2C(=O)OC)cc1. The molecule has 0 spiro atoms. The zero-order valence-corrected chi connectivity index (χ0v) is 12.8. The molecule has 2 radical (unpaired) electrons. The summed E-state index contributed by atoms with van der Waals surface area (Å²) in [4.78, 5) is 12.1. The van der Waals surface area contributed by atoms with Gasteiger partial charge in [0.1, 0.15) is 19.6 Å². The second kappa shape index (κ2) is 6.11. The van der Waals surface area contributed by atoms with Gasteiger partial charge in [0, 0.05) is 12.6 Å². The lowest BCUT2D eigenvalue weighted by molar-refractivity contribution is 0.0590. The maximum absolute atomic E-state index is 12.1. The molecule has 1 aromatic heterocycles. The predicted molar refractivity (Wildman–Crippen MR) is 84.1 cm³/mol. The Hall–Kier alpha value is -2.13. The molecule has 0 aliphatic heterocycles. The number of benzene rings is 1. The molecule has 0 aliphatic rings. The summed E-state index contributed by atoms with van der Waals surface area (Å²) in [6, 6.07) is 9.25. The van der Waals surface area contributed by atoms with Gasteiger partial charge in [-0.2, -0.15) is 5.26 Å². The van der Waals surface area contributed by atoms with Gasteiger partial charge in [0.15, 0.2) is 0 Å². The molecule has 104 valence electrons. The molecule has 0 bridgehead atoms. The molecule has 2 aromatic rings. The third-order valence-corrected chi connectivity index (χ3v) is 4.09. The fourth-order valence-electron chi connectivity index (χ4n) is 2.27. The number of hydrogen-bond donors (Lipinski definition) is 0. The van der Waals surface area contributed by atoms with Crippen molar-refractivity contribution in [2.75, 3.05) is 13.4 Å². The Balaban J connectivity index is 2.82. The van der Waals surface area contributed by atoms with E-state index in [0.29, 0.717) is 22.3 Å². The van der Waals surface area contributed by atoms with Crippen molar-refractivity contribution >= 4 is 31.0 Å². The zero-order valence-electron chi connectivity index (χ0n) is 12.0. The number of rotatable bonds is 3. The molecule has 21 heavy (non-hydrogen) atoms. The molecule has 2 rings (SSSR count). The molecular formula is C15H13BN2O2S. The zero-order chi connectivity index (χ0) is 15.6. The summed E-state index contributed by atoms with van der Waals surface area (Å²) in [7, 11) is 8.77. The topological polar surface area (TPSA) is 55.0 Å². The van der Waals surface area contributed by atoms with Crippen molar-refractivity contribution in [1.82, 2.24) is 4.57 Å². The first-order valence-electron chi connectivity index (χ1n) is 6.16. The molecule has 0 amide bonds. The second-order valence-corrected chi connectivity index (χ2v) is 5.19. The summed E-state index contributed by atoms with van der Waals surface area (Å²) < 4.78 is 6.55. The molecule has 0 fully saturated rings. The number of carbonyl (C=O) groups excluding carboxylic acids is 1. The predicted octanol–water partition coefficient (Wildman–Crippen LogP) is 1.87. The van der Waals surface area contributed by atoms with Crippen LogP contribution < -0.4 is 5.46 Å². The van der Waals surface area contributed by atoms with Gasteiger partial charge < -0.3 is 9.30 Å². The van der Waals surface area contributed by atoms with Gasteiger partial charge in [-0.3, -0.25) is 0 Å². The normalized spacial score (nSPS) is 10.2. The fraction of sp³-hybridized carbons (Fsp3) is 0.200. The Morgan fingerprint density at radius 3 is 2.48 bits per heavy atom. The number of hydrogen-bond acceptors (Lipinski definition) is 4. The summed E-state index contributed by atoms with van der Waals surface area (Å²) in [6.07, 6.45) is 1.87. The van der Waals surface area contributed by atoms with Gasteiger partial charge in [-0.05, 0) is 11.8 Å². The highest BCUT2D eigenvalue weighted by Crippen LogP contribution is 2.36. The van der Waals surface area contributed by atoms with Crippen LogP contribution in [0.2, 0.25) is 0 Å². The minimum atomic E-state index is -0.471. The van der Waals surface area contributed by atoms with E-state index in [2.05, 4.69) is 6.07 Å². The number of methoxy groups -OCH3 is 1. The minimum Gasteiger partial charge on any atom is -0.464 e. The van der Waals surface area contributed by atoms with E-state index in [0.717, 1.165) is 10.6 Å². The number of esters is 1. The first kappa shape index (κ1) is 15.3. The Kier molecular flexibility index (Phi) is 4.44. The van der Waals surface area contributed by atoms with Gasteiger partial charge in [-0.15, -0.1) is 11.8 Å². The van der Waals surface area contributed by atoms with Gasteiger partial charge in [-0.25, -0.2) is 4.79 Å². The maximum Gasteiger partial charge on any atom is 0.355 e. The van der Waals surface area contributed by atoms with E-state index in [1.54, 1.807) is 35.9 Å². The molecule has 6 heteroatoms. The summed E-state index contributed by atoms with van der Waals surface area (Å²) >= 11 is 1.42. The van der Waals surface area contributed by atoms with E-state index < -0.39 is 5.97 Å². The average molecular weight is 296 g/mol. The molecule has 1 heterocycles. The highest BCUT2D eigenvalue weighted by Gasteiger charge is 2.26. The van der Waals surface area contributed by atoms with Crippen molar-refractivity contribution in [3.05, 3.63) is 35.5 Å². The van der Waals surface area contributed by atoms with Crippen LogP contribution in [-0.4, -0.2) is 31.7 Å². The Bertz CT molecular complexity index is 730. The van der Waals surface area contributed by atoms with Crippen molar-refractivity contribution in [2.24, 2.45) is 7.05 Å². The van der Waals surface area contributed by atoms with Crippen molar-refractivity contribution < 1.29 is 9.53 Å². The van der Waals surface area contributed by atoms with E-state index in [-0.39, 0.29) is 0 Å². The smallest absolute Gasteiger partial charge is 0.355 e. The Morgan fingerprint density at radius 2 is 2.00 bits per heavy atom. The molecule has 4 nitrogen and oxygen atoms in total. The van der Waals surface area contributed by atoms with Gasteiger partial charge in [0.05, 0.1) is 17.7 Å². The van der Waals surface area contributed by atoms with Crippen LogP contribution in [-0.2, 0) is 11.8 Å². The van der Waals surface area contributed by atoms with Crippen LogP contribution >= 0.6 is 11.8 Å². The van der Waals surface area contributed by atoms with Crippen LogP contribution in [0.5, 0.6) is 0 Å². The molecule has 0 unspecified atom stereocenters. The number of nitriles is 1. The van der Waals surface area contributed by atoms with Crippen LogP contribution in [0.25, 0.3) is 11.1 Å². The first-order chi connectivity index (χ1) is 10.0. The van der Waals surface area contributed by atoms with E-state index in [1.165, 1.54) is 18.9 Å². The third kappa shape index (κ3) is 2.57. The Labute approximate surface area is 129 Å². The van der Waals surface area contributed by atoms with Crippen LogP contribution in [0.15, 0.2) is 29.3 Å². The molecular weight excluding hydrogens is 283 g/mol. The average Bonchev–Trinajstić information content (AvgIpc) is 2.79. The van der Waals surface area contributed by atoms with E-state index in [4.69, 9.17) is 12.6 Å². The van der Waals surface area contributed by atoms with Crippen LogP contribution in [0.1, 0.15) is 16.1 Å². The lowest BCUT2D eigenvalue weighted by Crippen LogP contribution is -2.09. The maximum atomic E-state index is 12.1. The molecule has 0 N–H and O–H groups in total. The molecule has 0 aliphatic carbocycles. The van der Waals surface area contributed by atoms with Gasteiger partial charge in [-0.1, -0.05) is 29.7 Å². The number of carbonyl (C=O) groups is 1. The number of aromatic nitrogens is 1. The van der Waals surface area contributed by atoms with E-state index >= 15 is 0 Å². The van der Waals surface area contributed by atoms with Crippen LogP contribution in [0.3, 0.4) is 0 Å². The quantitative estimate of drug-likeness (QED) is 0.493. The molecule has 0 atom stereocenters. The summed E-state index contributed by atoms with van der Waals surface area (Å²) in [5, 5.41) is 10.2. The third-order valence-electron chi connectivity index (χ3n) is 3.22. The highest BCUT2D eigenvalue weighted by atomic mass is 32.2. The number of nitrogens with zero attached hydrogens (tertiary/aromatic N) is 2. The van der Waals surface area contributed by atoms with Crippen molar-refractivity contribution in [3.63, 3.8) is 0 Å². The minimum absolute atomic E-state index is 0.364. The lowest BCUT2D eigenvalue weighted by atomic mass is 9.93. The van der Waals surface area contributed by atoms with Crippen LogP contribution in [0, 0.1) is 11.3 Å². The van der Waals surface area contributed by atoms with Gasteiger partial charge in [0.25, 0.3) is 0 Å². The van der Waals surface area contributed by atoms with Crippen molar-refractivity contribution in [2.45, 2.75) is 5.03 Å². The van der Waals surface area contributed by atoms with E-state index in [1.807, 2.05) is 6.26 Å². The van der Waals surface area contributed by atoms with Crippen molar-refractivity contribution in [3.8, 4) is 17.2 Å². The Morgan fingerprint density at radius 1 is 1.38 bits per heavy atom. The number of thioether (sulfide) groups is 1. The summed E-state index contributed by atoms with van der Waals surface area (Å²) in [5.41, 5.74) is 2.80.